The Kier molecular flexibility index (Phi) is 4.73. The van der Waals surface area contributed by atoms with Crippen LogP contribution in [0.5, 0.6) is 0 Å². The molecule has 1 fully saturated rings. The molecular weight excluding hydrogens is 283 g/mol. The Balaban J connectivity index is 2.10. The van der Waals surface area contributed by atoms with Crippen molar-refractivity contribution in [3.63, 3.8) is 0 Å². The van der Waals surface area contributed by atoms with Crippen LogP contribution in [0.2, 0.25) is 0 Å². The second-order valence-corrected chi connectivity index (χ2v) is 5.55. The summed E-state index contributed by atoms with van der Waals surface area (Å²) in [5.74, 6) is 0.356. The predicted molar refractivity (Wildman–Crippen MR) is 74.2 cm³/mol. The van der Waals surface area contributed by atoms with Crippen LogP contribution in [0.4, 0.5) is 19.0 Å². The van der Waals surface area contributed by atoms with E-state index in [0.717, 1.165) is 12.1 Å². The molecule has 1 aliphatic heterocycles. The number of nitrogens with zero attached hydrogens (tertiary/aromatic N) is 3. The van der Waals surface area contributed by atoms with E-state index >= 15 is 0 Å². The van der Waals surface area contributed by atoms with E-state index in [1.165, 1.54) is 6.20 Å². The first-order chi connectivity index (χ1) is 9.77. The molecule has 0 radical (unpaired) electrons. The Bertz CT molecular complexity index is 479. The van der Waals surface area contributed by atoms with E-state index in [1.54, 1.807) is 6.92 Å². The Morgan fingerprint density at radius 2 is 2.14 bits per heavy atom. The molecule has 1 aromatic rings. The lowest BCUT2D eigenvalue weighted by Gasteiger charge is -2.41. The highest BCUT2D eigenvalue weighted by atomic mass is 19.4. The van der Waals surface area contributed by atoms with Gasteiger partial charge in [0.1, 0.15) is 5.82 Å². The molecule has 0 amide bonds. The van der Waals surface area contributed by atoms with Crippen molar-refractivity contribution >= 4 is 5.82 Å². The van der Waals surface area contributed by atoms with E-state index in [9.17, 15) is 18.3 Å². The number of hydrogen-bond acceptors (Lipinski definition) is 4. The molecule has 7 heteroatoms. The quantitative estimate of drug-likeness (QED) is 0.927. The van der Waals surface area contributed by atoms with Gasteiger partial charge in [-0.3, -0.25) is 4.90 Å². The summed E-state index contributed by atoms with van der Waals surface area (Å²) in [5.41, 5.74) is -0.675. The fraction of sp³-hybridized carbons (Fsp3) is 0.643. The van der Waals surface area contributed by atoms with Gasteiger partial charge in [-0.1, -0.05) is 0 Å². The highest BCUT2D eigenvalue weighted by molar-refractivity contribution is 5.43. The van der Waals surface area contributed by atoms with E-state index in [1.807, 2.05) is 11.8 Å². The molecule has 1 N–H and O–H groups in total. The van der Waals surface area contributed by atoms with Crippen molar-refractivity contribution in [1.82, 2.24) is 9.88 Å². The van der Waals surface area contributed by atoms with Gasteiger partial charge in [0, 0.05) is 38.4 Å². The van der Waals surface area contributed by atoms with Crippen LogP contribution >= 0.6 is 0 Å². The van der Waals surface area contributed by atoms with E-state index in [4.69, 9.17) is 0 Å². The van der Waals surface area contributed by atoms with Crippen LogP contribution in [0.15, 0.2) is 18.3 Å². The molecule has 0 aromatic carbocycles. The molecule has 21 heavy (non-hydrogen) atoms. The SMILES string of the molecule is C[C@@H](O)CN1CCN(c2cc(C(F)(F)F)ccn2)[C@@H](C)C1. The zero-order valence-electron chi connectivity index (χ0n) is 12.1. The van der Waals surface area contributed by atoms with E-state index in [2.05, 4.69) is 9.88 Å². The third kappa shape index (κ3) is 4.07. The second kappa shape index (κ2) is 6.19. The van der Waals surface area contributed by atoms with Crippen LogP contribution in [-0.2, 0) is 6.18 Å². The molecule has 2 rings (SSSR count). The van der Waals surface area contributed by atoms with Gasteiger partial charge in [0.2, 0.25) is 0 Å². The Hall–Kier alpha value is -1.34. The number of rotatable bonds is 3. The summed E-state index contributed by atoms with van der Waals surface area (Å²) in [5, 5.41) is 9.41. The Morgan fingerprint density at radius 1 is 1.43 bits per heavy atom. The van der Waals surface area contributed by atoms with E-state index in [0.29, 0.717) is 32.0 Å². The fourth-order valence-corrected chi connectivity index (χ4v) is 2.66. The van der Waals surface area contributed by atoms with Gasteiger partial charge in [0.25, 0.3) is 0 Å². The third-order valence-corrected chi connectivity index (χ3v) is 3.60. The summed E-state index contributed by atoms with van der Waals surface area (Å²) in [6, 6.07) is 2.13. The summed E-state index contributed by atoms with van der Waals surface area (Å²) >= 11 is 0. The number of pyridine rings is 1. The summed E-state index contributed by atoms with van der Waals surface area (Å²) < 4.78 is 38.3. The molecule has 0 aliphatic carbocycles. The van der Waals surface area contributed by atoms with Gasteiger partial charge in [0.05, 0.1) is 11.7 Å². The van der Waals surface area contributed by atoms with Crippen LogP contribution in [0.25, 0.3) is 0 Å². The van der Waals surface area contributed by atoms with Gasteiger partial charge in [0.15, 0.2) is 0 Å². The van der Waals surface area contributed by atoms with Crippen molar-refractivity contribution in [3.05, 3.63) is 23.9 Å². The normalized spacial score (nSPS) is 22.4. The minimum absolute atomic E-state index is 0.0495. The summed E-state index contributed by atoms with van der Waals surface area (Å²) in [4.78, 5) is 8.06. The van der Waals surface area contributed by atoms with Gasteiger partial charge < -0.3 is 10.0 Å². The van der Waals surface area contributed by atoms with Gasteiger partial charge in [-0.15, -0.1) is 0 Å². The average Bonchev–Trinajstić information content (AvgIpc) is 2.37. The second-order valence-electron chi connectivity index (χ2n) is 5.55. The number of aromatic nitrogens is 1. The smallest absolute Gasteiger partial charge is 0.392 e. The first-order valence-corrected chi connectivity index (χ1v) is 6.97. The molecule has 1 aliphatic rings. The lowest BCUT2D eigenvalue weighted by Crippen LogP contribution is -2.53. The minimum Gasteiger partial charge on any atom is -0.392 e. The van der Waals surface area contributed by atoms with Gasteiger partial charge in [-0.2, -0.15) is 13.2 Å². The topological polar surface area (TPSA) is 39.6 Å². The van der Waals surface area contributed by atoms with Gasteiger partial charge in [-0.05, 0) is 26.0 Å². The van der Waals surface area contributed by atoms with Crippen LogP contribution in [0, 0.1) is 0 Å². The minimum atomic E-state index is -4.35. The number of halogens is 3. The molecule has 118 valence electrons. The third-order valence-electron chi connectivity index (χ3n) is 3.60. The van der Waals surface area contributed by atoms with E-state index < -0.39 is 17.8 Å². The van der Waals surface area contributed by atoms with Crippen molar-refractivity contribution in [3.8, 4) is 0 Å². The monoisotopic (exact) mass is 303 g/mol. The number of anilines is 1. The lowest BCUT2D eigenvalue weighted by molar-refractivity contribution is -0.137. The number of aliphatic hydroxyl groups excluding tert-OH is 1. The first-order valence-electron chi connectivity index (χ1n) is 6.97. The van der Waals surface area contributed by atoms with Gasteiger partial charge in [-0.25, -0.2) is 4.98 Å². The summed E-state index contributed by atoms with van der Waals surface area (Å²) in [6.07, 6.45) is -3.56. The maximum atomic E-state index is 12.8. The molecule has 0 spiro atoms. The zero-order valence-corrected chi connectivity index (χ0v) is 12.1. The highest BCUT2D eigenvalue weighted by Gasteiger charge is 2.32. The standard InChI is InChI=1S/C14H20F3N3O/c1-10-8-19(9-11(2)21)5-6-20(10)13-7-12(3-4-18-13)14(15,16)17/h3-4,7,10-11,21H,5-6,8-9H2,1-2H3/t10-,11+/m0/s1. The van der Waals surface area contributed by atoms with Crippen LogP contribution < -0.4 is 4.90 Å². The maximum Gasteiger partial charge on any atom is 0.416 e. The molecule has 0 saturated carbocycles. The zero-order chi connectivity index (χ0) is 15.6. The lowest BCUT2D eigenvalue weighted by atomic mass is 10.1. The molecule has 0 unspecified atom stereocenters. The average molecular weight is 303 g/mol. The van der Waals surface area contributed by atoms with Crippen LogP contribution in [-0.4, -0.2) is 53.3 Å². The highest BCUT2D eigenvalue weighted by Crippen LogP contribution is 2.31. The van der Waals surface area contributed by atoms with Gasteiger partial charge >= 0.3 is 6.18 Å². The van der Waals surface area contributed by atoms with Crippen molar-refractivity contribution in [2.24, 2.45) is 0 Å². The van der Waals surface area contributed by atoms with Crippen LogP contribution in [0.1, 0.15) is 19.4 Å². The molecule has 2 heterocycles. The predicted octanol–water partition coefficient (Wildman–Crippen LogP) is 1.99. The molecule has 4 nitrogen and oxygen atoms in total. The largest absolute Gasteiger partial charge is 0.416 e. The number of hydrogen-bond donors (Lipinski definition) is 1. The summed E-state index contributed by atoms with van der Waals surface area (Å²) in [7, 11) is 0. The Morgan fingerprint density at radius 3 is 2.71 bits per heavy atom. The molecule has 1 saturated heterocycles. The number of β-amino-alcohol motifs (C(OH)–C–C–N with tert-alkyl or cyclic N) is 1. The molecule has 1 aromatic heterocycles. The molecular formula is C14H20F3N3O. The number of aliphatic hydroxyl groups is 1. The van der Waals surface area contributed by atoms with Crippen molar-refractivity contribution in [2.45, 2.75) is 32.2 Å². The summed E-state index contributed by atoms with van der Waals surface area (Å²) in [6.45, 7) is 6.26. The number of piperazine rings is 1. The van der Waals surface area contributed by atoms with E-state index in [-0.39, 0.29) is 6.04 Å². The van der Waals surface area contributed by atoms with Crippen molar-refractivity contribution < 1.29 is 18.3 Å². The number of alkyl halides is 3. The fourth-order valence-electron chi connectivity index (χ4n) is 2.66. The van der Waals surface area contributed by atoms with Crippen molar-refractivity contribution in [2.75, 3.05) is 31.1 Å². The van der Waals surface area contributed by atoms with Crippen LogP contribution in [0.3, 0.4) is 0 Å². The maximum absolute atomic E-state index is 12.8. The van der Waals surface area contributed by atoms with Crippen molar-refractivity contribution in [1.29, 1.82) is 0 Å². The Labute approximate surface area is 122 Å². The molecule has 0 bridgehead atoms. The molecule has 2 atom stereocenters. The first kappa shape index (κ1) is 16.0.